The van der Waals surface area contributed by atoms with Gasteiger partial charge in [0.05, 0.1) is 0 Å². The van der Waals surface area contributed by atoms with E-state index in [9.17, 15) is 21.6 Å². The molecule has 0 unspecified atom stereocenters. The van der Waals surface area contributed by atoms with Gasteiger partial charge in [-0.2, -0.15) is 4.31 Å². The zero-order valence-corrected chi connectivity index (χ0v) is 11.9. The van der Waals surface area contributed by atoms with Crippen molar-refractivity contribution in [3.05, 3.63) is 29.6 Å². The zero-order chi connectivity index (χ0) is 15.5. The predicted octanol–water partition coefficient (Wildman–Crippen LogP) is 1.89. The van der Waals surface area contributed by atoms with Gasteiger partial charge in [-0.25, -0.2) is 21.6 Å². The second kappa shape index (κ2) is 6.55. The molecule has 0 aromatic heterocycles. The van der Waals surface area contributed by atoms with Gasteiger partial charge in [-0.3, -0.25) is 0 Å². The van der Waals surface area contributed by atoms with Crippen LogP contribution in [0, 0.1) is 17.5 Å². The Morgan fingerprint density at radius 2 is 1.80 bits per heavy atom. The Morgan fingerprint density at radius 3 is 2.30 bits per heavy atom. The first-order valence-corrected chi connectivity index (χ1v) is 7.43. The van der Waals surface area contributed by atoms with E-state index in [0.29, 0.717) is 12.1 Å². The minimum absolute atomic E-state index is 0.0467. The van der Waals surface area contributed by atoms with Gasteiger partial charge in [-0.1, -0.05) is 0 Å². The van der Waals surface area contributed by atoms with E-state index in [1.807, 2.05) is 0 Å². The number of halogens is 3. The summed E-state index contributed by atoms with van der Waals surface area (Å²) in [5.74, 6) is -5.01. The van der Waals surface area contributed by atoms with E-state index in [-0.39, 0.29) is 19.6 Å². The fourth-order valence-corrected chi connectivity index (χ4v) is 3.45. The van der Waals surface area contributed by atoms with Crippen LogP contribution in [0.5, 0.6) is 0 Å². The van der Waals surface area contributed by atoms with Gasteiger partial charge in [0.2, 0.25) is 10.0 Å². The molecule has 0 saturated heterocycles. The lowest BCUT2D eigenvalue weighted by molar-refractivity contribution is 0.258. The molecule has 0 aliphatic heterocycles. The molecule has 4 nitrogen and oxygen atoms in total. The molecule has 1 aromatic carbocycles. The fraction of sp³-hybridized carbons (Fsp3) is 0.500. The summed E-state index contributed by atoms with van der Waals surface area (Å²) in [7, 11) is -4.30. The van der Waals surface area contributed by atoms with E-state index >= 15 is 0 Å². The Labute approximate surface area is 115 Å². The van der Waals surface area contributed by atoms with Crippen LogP contribution in [0.2, 0.25) is 0 Å². The predicted molar refractivity (Wildman–Crippen MR) is 67.0 cm³/mol. The Balaban J connectivity index is 3.30. The molecule has 8 heteroatoms. The van der Waals surface area contributed by atoms with Crippen molar-refractivity contribution in [3.8, 4) is 0 Å². The maximum Gasteiger partial charge on any atom is 0.246 e. The van der Waals surface area contributed by atoms with Crippen LogP contribution in [0.4, 0.5) is 13.2 Å². The first kappa shape index (κ1) is 16.9. The third-order valence-electron chi connectivity index (χ3n) is 2.70. The van der Waals surface area contributed by atoms with Gasteiger partial charge in [0.1, 0.15) is 4.90 Å². The van der Waals surface area contributed by atoms with Crippen LogP contribution in [0.15, 0.2) is 17.0 Å². The molecule has 0 bridgehead atoms. The smallest absolute Gasteiger partial charge is 0.246 e. The van der Waals surface area contributed by atoms with Gasteiger partial charge in [0, 0.05) is 19.2 Å². The van der Waals surface area contributed by atoms with Crippen LogP contribution in [-0.2, 0) is 10.0 Å². The first-order valence-electron chi connectivity index (χ1n) is 5.99. The minimum Gasteiger partial charge on any atom is -0.396 e. The first-order chi connectivity index (χ1) is 9.23. The van der Waals surface area contributed by atoms with E-state index in [1.165, 1.54) is 0 Å². The van der Waals surface area contributed by atoms with Gasteiger partial charge in [0.15, 0.2) is 17.5 Å². The van der Waals surface area contributed by atoms with Gasteiger partial charge in [-0.05, 0) is 32.4 Å². The summed E-state index contributed by atoms with van der Waals surface area (Å²) in [6.07, 6.45) is 0.155. The van der Waals surface area contributed by atoms with E-state index in [0.717, 1.165) is 4.31 Å². The number of aliphatic hydroxyl groups is 1. The third-order valence-corrected chi connectivity index (χ3v) is 4.79. The molecule has 0 spiro atoms. The largest absolute Gasteiger partial charge is 0.396 e. The fourth-order valence-electron chi connectivity index (χ4n) is 1.72. The summed E-state index contributed by atoms with van der Waals surface area (Å²) < 4.78 is 65.1. The van der Waals surface area contributed by atoms with Crippen molar-refractivity contribution in [2.45, 2.75) is 31.2 Å². The Kier molecular flexibility index (Phi) is 5.55. The summed E-state index contributed by atoms with van der Waals surface area (Å²) >= 11 is 0. The summed E-state index contributed by atoms with van der Waals surface area (Å²) in [4.78, 5) is -0.914. The number of nitrogens with zero attached hydrogens (tertiary/aromatic N) is 1. The number of aliphatic hydroxyl groups excluding tert-OH is 1. The third kappa shape index (κ3) is 3.31. The van der Waals surface area contributed by atoms with Crippen LogP contribution in [0.25, 0.3) is 0 Å². The molecule has 1 N–H and O–H groups in total. The highest BCUT2D eigenvalue weighted by Gasteiger charge is 2.31. The monoisotopic (exact) mass is 311 g/mol. The highest BCUT2D eigenvalue weighted by Crippen LogP contribution is 2.24. The van der Waals surface area contributed by atoms with Gasteiger partial charge in [0.25, 0.3) is 0 Å². The lowest BCUT2D eigenvalue weighted by Crippen LogP contribution is -2.38. The molecule has 1 rings (SSSR count). The average molecular weight is 311 g/mol. The van der Waals surface area contributed by atoms with E-state index in [2.05, 4.69) is 0 Å². The number of hydrogen-bond acceptors (Lipinski definition) is 3. The highest BCUT2D eigenvalue weighted by molar-refractivity contribution is 7.89. The molecule has 114 valence electrons. The van der Waals surface area contributed by atoms with E-state index in [4.69, 9.17) is 5.11 Å². The number of hydrogen-bond donors (Lipinski definition) is 1. The summed E-state index contributed by atoms with van der Waals surface area (Å²) in [6.45, 7) is 2.84. The Morgan fingerprint density at radius 1 is 1.20 bits per heavy atom. The second-order valence-electron chi connectivity index (χ2n) is 4.46. The van der Waals surface area contributed by atoms with Crippen LogP contribution in [0.3, 0.4) is 0 Å². The van der Waals surface area contributed by atoms with Crippen molar-refractivity contribution < 1.29 is 26.7 Å². The second-order valence-corrected chi connectivity index (χ2v) is 6.32. The molecule has 0 fully saturated rings. The van der Waals surface area contributed by atoms with Crippen LogP contribution in [-0.4, -0.2) is 37.0 Å². The molecule has 0 atom stereocenters. The summed E-state index contributed by atoms with van der Waals surface area (Å²) in [6, 6.07) is 0.742. The number of benzene rings is 1. The zero-order valence-electron chi connectivity index (χ0n) is 11.1. The van der Waals surface area contributed by atoms with Crippen LogP contribution in [0.1, 0.15) is 20.3 Å². The molecule has 0 aliphatic rings. The maximum atomic E-state index is 13.6. The molecule has 0 amide bonds. The molecular formula is C12H16F3NO3S. The highest BCUT2D eigenvalue weighted by atomic mass is 32.2. The van der Waals surface area contributed by atoms with Crippen molar-refractivity contribution in [2.75, 3.05) is 13.2 Å². The average Bonchev–Trinajstić information content (AvgIpc) is 2.35. The SMILES string of the molecule is CC(C)N(CCCO)S(=O)(=O)c1ccc(F)c(F)c1F. The lowest BCUT2D eigenvalue weighted by atomic mass is 10.3. The van der Waals surface area contributed by atoms with Gasteiger partial charge in [-0.15, -0.1) is 0 Å². The van der Waals surface area contributed by atoms with Crippen molar-refractivity contribution in [3.63, 3.8) is 0 Å². The van der Waals surface area contributed by atoms with Gasteiger partial charge >= 0.3 is 0 Å². The molecule has 0 radical (unpaired) electrons. The van der Waals surface area contributed by atoms with Crippen LogP contribution >= 0.6 is 0 Å². The van der Waals surface area contributed by atoms with Crippen molar-refractivity contribution >= 4 is 10.0 Å². The lowest BCUT2D eigenvalue weighted by Gasteiger charge is -2.25. The minimum atomic E-state index is -4.30. The standard InChI is InChI=1S/C12H16F3NO3S/c1-8(2)16(6-3-7-17)20(18,19)10-5-4-9(13)11(14)12(10)15/h4-5,8,17H,3,6-7H2,1-2H3. The Bertz CT molecular complexity index is 576. The number of rotatable bonds is 6. The molecule has 0 aliphatic carbocycles. The van der Waals surface area contributed by atoms with E-state index < -0.39 is 38.4 Å². The van der Waals surface area contributed by atoms with Crippen molar-refractivity contribution in [2.24, 2.45) is 0 Å². The topological polar surface area (TPSA) is 57.6 Å². The molecule has 1 aromatic rings. The molecular weight excluding hydrogens is 295 g/mol. The number of sulfonamides is 1. The van der Waals surface area contributed by atoms with E-state index in [1.54, 1.807) is 13.8 Å². The summed E-state index contributed by atoms with van der Waals surface area (Å²) in [5.41, 5.74) is 0. The Hall–Kier alpha value is -1.12. The molecule has 20 heavy (non-hydrogen) atoms. The normalized spacial score (nSPS) is 12.4. The molecule has 0 saturated carbocycles. The van der Waals surface area contributed by atoms with Crippen LogP contribution < -0.4 is 0 Å². The van der Waals surface area contributed by atoms with Gasteiger partial charge < -0.3 is 5.11 Å². The molecule has 0 heterocycles. The quantitative estimate of drug-likeness (QED) is 0.816. The van der Waals surface area contributed by atoms with Crippen molar-refractivity contribution in [1.82, 2.24) is 4.31 Å². The summed E-state index contributed by atoms with van der Waals surface area (Å²) in [5, 5.41) is 8.76. The van der Waals surface area contributed by atoms with Crippen molar-refractivity contribution in [1.29, 1.82) is 0 Å². The maximum absolute atomic E-state index is 13.6.